The summed E-state index contributed by atoms with van der Waals surface area (Å²) in [6.45, 7) is 3.16. The first kappa shape index (κ1) is 15.3. The Bertz CT molecular complexity index is 486. The lowest BCUT2D eigenvalue weighted by atomic mass is 9.88. The van der Waals surface area contributed by atoms with E-state index in [0.29, 0.717) is 13.1 Å². The van der Waals surface area contributed by atoms with Gasteiger partial charge in [-0.15, -0.1) is 11.3 Å². The molecule has 1 atom stereocenters. The van der Waals surface area contributed by atoms with Crippen LogP contribution in [-0.2, 0) is 0 Å². The van der Waals surface area contributed by atoms with E-state index in [1.807, 2.05) is 23.3 Å². The molecule has 0 radical (unpaired) electrons. The van der Waals surface area contributed by atoms with Crippen molar-refractivity contribution < 1.29 is 10.2 Å². The monoisotopic (exact) mass is 294 g/mol. The first-order chi connectivity index (χ1) is 9.57. The minimum absolute atomic E-state index is 0.0644. The Morgan fingerprint density at radius 1 is 1.35 bits per heavy atom. The van der Waals surface area contributed by atoms with Gasteiger partial charge in [0, 0.05) is 34.8 Å². The maximum Gasteiger partial charge on any atom is 0.0606 e. The summed E-state index contributed by atoms with van der Waals surface area (Å²) in [5.74, 6) is 0. The van der Waals surface area contributed by atoms with Crippen LogP contribution in [0.2, 0.25) is 0 Å². The molecule has 0 saturated heterocycles. The summed E-state index contributed by atoms with van der Waals surface area (Å²) >= 11 is 1.67. The number of thiophene rings is 1. The molecule has 1 heterocycles. The van der Waals surface area contributed by atoms with Crippen LogP contribution in [0.5, 0.6) is 0 Å². The predicted octanol–water partition coefficient (Wildman–Crippen LogP) is 1.42. The van der Waals surface area contributed by atoms with Crippen molar-refractivity contribution >= 4 is 16.9 Å². The summed E-state index contributed by atoms with van der Waals surface area (Å²) in [4.78, 5) is 3.18. The third-order valence-corrected chi connectivity index (χ3v) is 4.26. The zero-order chi connectivity index (χ0) is 14.6. The normalized spacial score (nSPS) is 22.4. The fourth-order valence-electron chi connectivity index (χ4n) is 2.41. The van der Waals surface area contributed by atoms with Crippen molar-refractivity contribution in [2.24, 2.45) is 5.73 Å². The summed E-state index contributed by atoms with van der Waals surface area (Å²) < 4.78 is 0. The standard InChI is InChI=1S/C15H22N2O2S/c1-15(16)5-4-13(17(6-8-18)7-9-19)12(11-15)14-3-2-10-20-14/h2-4,10-11,18-19H,5-9,16H2,1H3. The second-order valence-corrected chi connectivity index (χ2v) is 6.22. The Morgan fingerprint density at radius 3 is 2.60 bits per heavy atom. The SMILES string of the molecule is CC1(N)C=C(c2cccs2)C(N(CCO)CCO)=CC1. The molecule has 4 nitrogen and oxygen atoms in total. The number of nitrogens with two attached hydrogens (primary N) is 1. The van der Waals surface area contributed by atoms with E-state index in [-0.39, 0.29) is 18.8 Å². The van der Waals surface area contributed by atoms with E-state index in [1.165, 1.54) is 0 Å². The number of hydrogen-bond acceptors (Lipinski definition) is 5. The van der Waals surface area contributed by atoms with Gasteiger partial charge in [0.1, 0.15) is 0 Å². The molecule has 110 valence electrons. The molecule has 1 aromatic rings. The average molecular weight is 294 g/mol. The average Bonchev–Trinajstić information content (AvgIpc) is 2.91. The molecule has 0 aliphatic heterocycles. The lowest BCUT2D eigenvalue weighted by Crippen LogP contribution is -2.38. The van der Waals surface area contributed by atoms with E-state index in [9.17, 15) is 10.2 Å². The zero-order valence-corrected chi connectivity index (χ0v) is 12.6. The Labute approximate surface area is 123 Å². The second-order valence-electron chi connectivity index (χ2n) is 5.27. The van der Waals surface area contributed by atoms with Crippen molar-refractivity contribution in [2.75, 3.05) is 26.3 Å². The fraction of sp³-hybridized carbons (Fsp3) is 0.467. The molecule has 20 heavy (non-hydrogen) atoms. The van der Waals surface area contributed by atoms with Crippen molar-refractivity contribution in [1.82, 2.24) is 4.90 Å². The molecule has 2 rings (SSSR count). The Hall–Kier alpha value is -1.14. The molecule has 1 unspecified atom stereocenters. The number of rotatable bonds is 6. The number of allylic oxidation sites excluding steroid dienone is 1. The molecule has 1 aliphatic rings. The van der Waals surface area contributed by atoms with E-state index in [1.54, 1.807) is 11.3 Å². The lowest BCUT2D eigenvalue weighted by molar-refractivity contribution is 0.192. The summed E-state index contributed by atoms with van der Waals surface area (Å²) in [7, 11) is 0. The topological polar surface area (TPSA) is 69.7 Å². The van der Waals surface area contributed by atoms with E-state index < -0.39 is 0 Å². The highest BCUT2D eigenvalue weighted by molar-refractivity contribution is 7.11. The first-order valence-corrected chi connectivity index (χ1v) is 7.68. The number of aliphatic hydroxyl groups is 2. The van der Waals surface area contributed by atoms with Crippen molar-refractivity contribution in [3.63, 3.8) is 0 Å². The van der Waals surface area contributed by atoms with Crippen LogP contribution in [0.3, 0.4) is 0 Å². The molecular formula is C15H22N2O2S. The predicted molar refractivity (Wildman–Crippen MR) is 83.3 cm³/mol. The molecular weight excluding hydrogens is 272 g/mol. The van der Waals surface area contributed by atoms with Gasteiger partial charge >= 0.3 is 0 Å². The van der Waals surface area contributed by atoms with Gasteiger partial charge in [0.15, 0.2) is 0 Å². The highest BCUT2D eigenvalue weighted by atomic mass is 32.1. The van der Waals surface area contributed by atoms with Gasteiger partial charge in [-0.2, -0.15) is 0 Å². The van der Waals surface area contributed by atoms with Crippen LogP contribution in [0.4, 0.5) is 0 Å². The van der Waals surface area contributed by atoms with Crippen LogP contribution < -0.4 is 5.73 Å². The number of aliphatic hydroxyl groups excluding tert-OH is 2. The molecule has 0 spiro atoms. The highest BCUT2D eigenvalue weighted by Gasteiger charge is 2.26. The van der Waals surface area contributed by atoms with E-state index >= 15 is 0 Å². The van der Waals surface area contributed by atoms with Crippen LogP contribution in [0, 0.1) is 0 Å². The van der Waals surface area contributed by atoms with Crippen LogP contribution in [0.25, 0.3) is 5.57 Å². The smallest absolute Gasteiger partial charge is 0.0606 e. The summed E-state index contributed by atoms with van der Waals surface area (Å²) in [5, 5.41) is 20.5. The largest absolute Gasteiger partial charge is 0.395 e. The van der Waals surface area contributed by atoms with Gasteiger partial charge in [0.2, 0.25) is 0 Å². The summed E-state index contributed by atoms with van der Waals surface area (Å²) in [5.41, 5.74) is 8.05. The molecule has 4 N–H and O–H groups in total. The summed E-state index contributed by atoms with van der Waals surface area (Å²) in [6.07, 6.45) is 4.96. The van der Waals surface area contributed by atoms with Gasteiger partial charge in [-0.3, -0.25) is 0 Å². The van der Waals surface area contributed by atoms with E-state index in [2.05, 4.69) is 18.2 Å². The minimum atomic E-state index is -0.354. The van der Waals surface area contributed by atoms with Gasteiger partial charge in [-0.05, 0) is 24.8 Å². The Kier molecular flexibility index (Phi) is 4.99. The van der Waals surface area contributed by atoms with Crippen molar-refractivity contribution in [3.8, 4) is 0 Å². The lowest BCUT2D eigenvalue weighted by Gasteiger charge is -2.33. The second kappa shape index (κ2) is 6.54. The molecule has 5 heteroatoms. The van der Waals surface area contributed by atoms with Gasteiger partial charge in [-0.1, -0.05) is 18.2 Å². The number of nitrogens with zero attached hydrogens (tertiary/aromatic N) is 1. The van der Waals surface area contributed by atoms with Gasteiger partial charge < -0.3 is 20.8 Å². The summed E-state index contributed by atoms with van der Waals surface area (Å²) in [6, 6.07) is 4.09. The van der Waals surface area contributed by atoms with Crippen LogP contribution in [0.15, 0.2) is 35.4 Å². The van der Waals surface area contributed by atoms with Gasteiger partial charge in [0.25, 0.3) is 0 Å². The molecule has 0 fully saturated rings. The molecule has 1 aromatic heterocycles. The third-order valence-electron chi connectivity index (χ3n) is 3.35. The van der Waals surface area contributed by atoms with Crippen LogP contribution in [0.1, 0.15) is 18.2 Å². The zero-order valence-electron chi connectivity index (χ0n) is 11.7. The fourth-order valence-corrected chi connectivity index (χ4v) is 3.16. The highest BCUT2D eigenvalue weighted by Crippen LogP contribution is 2.35. The number of hydrogen-bond donors (Lipinski definition) is 3. The molecule has 0 bridgehead atoms. The molecule has 1 aliphatic carbocycles. The molecule has 0 amide bonds. The first-order valence-electron chi connectivity index (χ1n) is 6.80. The van der Waals surface area contributed by atoms with Crippen molar-refractivity contribution in [3.05, 3.63) is 40.2 Å². The maximum absolute atomic E-state index is 9.22. The third kappa shape index (κ3) is 3.49. The van der Waals surface area contributed by atoms with Gasteiger partial charge in [-0.25, -0.2) is 0 Å². The van der Waals surface area contributed by atoms with Crippen LogP contribution in [-0.4, -0.2) is 47.0 Å². The van der Waals surface area contributed by atoms with Crippen molar-refractivity contribution in [1.29, 1.82) is 0 Å². The van der Waals surface area contributed by atoms with Gasteiger partial charge in [0.05, 0.1) is 13.2 Å². The van der Waals surface area contributed by atoms with E-state index in [4.69, 9.17) is 5.73 Å². The minimum Gasteiger partial charge on any atom is -0.395 e. The quantitative estimate of drug-likeness (QED) is 0.742. The Morgan fingerprint density at radius 2 is 2.05 bits per heavy atom. The van der Waals surface area contributed by atoms with Crippen molar-refractivity contribution in [2.45, 2.75) is 18.9 Å². The van der Waals surface area contributed by atoms with E-state index in [0.717, 1.165) is 22.6 Å². The van der Waals surface area contributed by atoms with Crippen LogP contribution >= 0.6 is 11.3 Å². The molecule has 0 saturated carbocycles. The Balaban J connectivity index is 2.35. The molecule has 0 aromatic carbocycles. The maximum atomic E-state index is 9.22.